The highest BCUT2D eigenvalue weighted by atomic mass is 35.5. The van der Waals surface area contributed by atoms with Crippen LogP contribution in [0.1, 0.15) is 43.2 Å². The van der Waals surface area contributed by atoms with Crippen molar-refractivity contribution in [3.8, 4) is 0 Å². The molecule has 2 aromatic rings. The Morgan fingerprint density at radius 3 is 2.75 bits per heavy atom. The predicted octanol–water partition coefficient (Wildman–Crippen LogP) is 3.83. The lowest BCUT2D eigenvalue weighted by Crippen LogP contribution is -2.48. The van der Waals surface area contributed by atoms with Crippen LogP contribution >= 0.6 is 23.8 Å². The van der Waals surface area contributed by atoms with E-state index in [2.05, 4.69) is 20.1 Å². The molecule has 0 amide bonds. The summed E-state index contributed by atoms with van der Waals surface area (Å²) in [6.07, 6.45) is 6.13. The molecule has 1 aliphatic carbocycles. The molecule has 2 fully saturated rings. The molecule has 1 saturated heterocycles. The van der Waals surface area contributed by atoms with Gasteiger partial charge in [-0.25, -0.2) is 0 Å². The molecule has 174 valence electrons. The van der Waals surface area contributed by atoms with Gasteiger partial charge in [-0.2, -0.15) is 0 Å². The number of hydrogen-bond acceptors (Lipinski definition) is 4. The second-order valence-corrected chi connectivity index (χ2v) is 9.77. The first-order valence-corrected chi connectivity index (χ1v) is 12.5. The number of aromatic amines is 1. The molecule has 8 heteroatoms. The van der Waals surface area contributed by atoms with E-state index in [0.717, 1.165) is 73.8 Å². The Morgan fingerprint density at radius 2 is 2.00 bits per heavy atom. The summed E-state index contributed by atoms with van der Waals surface area (Å²) in [5, 5.41) is 5.98. The van der Waals surface area contributed by atoms with Crippen LogP contribution in [0.2, 0.25) is 5.02 Å². The molecule has 0 radical (unpaired) electrons. The summed E-state index contributed by atoms with van der Waals surface area (Å²) in [5.74, 6) is 0. The zero-order valence-corrected chi connectivity index (χ0v) is 20.4. The van der Waals surface area contributed by atoms with Gasteiger partial charge in [-0.1, -0.05) is 30.9 Å². The van der Waals surface area contributed by atoms with Crippen molar-refractivity contribution in [3.05, 3.63) is 44.7 Å². The molecule has 0 spiro atoms. The zero-order valence-electron chi connectivity index (χ0n) is 18.8. The summed E-state index contributed by atoms with van der Waals surface area (Å²) in [4.78, 5) is 20.4. The number of H-pyrrole nitrogens is 1. The number of nitrogens with zero attached hydrogens (tertiary/aromatic N) is 2. The van der Waals surface area contributed by atoms with E-state index < -0.39 is 0 Å². The number of hydrogen-bond donors (Lipinski definition) is 2. The van der Waals surface area contributed by atoms with E-state index >= 15 is 0 Å². The van der Waals surface area contributed by atoms with Crippen molar-refractivity contribution in [3.63, 3.8) is 0 Å². The Labute approximate surface area is 200 Å². The fraction of sp³-hybridized carbons (Fsp3) is 0.583. The highest BCUT2D eigenvalue weighted by Crippen LogP contribution is 2.22. The van der Waals surface area contributed by atoms with Gasteiger partial charge >= 0.3 is 0 Å². The summed E-state index contributed by atoms with van der Waals surface area (Å²) in [6.45, 7) is 7.56. The van der Waals surface area contributed by atoms with Crippen LogP contribution in [0, 0.1) is 6.92 Å². The second kappa shape index (κ2) is 11.0. The third-order valence-corrected chi connectivity index (χ3v) is 7.35. The van der Waals surface area contributed by atoms with Gasteiger partial charge in [0.25, 0.3) is 5.56 Å². The van der Waals surface area contributed by atoms with Crippen molar-refractivity contribution < 1.29 is 4.74 Å². The Hall–Kier alpha value is -1.67. The summed E-state index contributed by atoms with van der Waals surface area (Å²) < 4.78 is 5.48. The molecule has 2 heterocycles. The van der Waals surface area contributed by atoms with Gasteiger partial charge in [0, 0.05) is 48.3 Å². The Morgan fingerprint density at radius 1 is 1.25 bits per heavy atom. The van der Waals surface area contributed by atoms with Crippen LogP contribution < -0.4 is 10.9 Å². The molecule has 1 aromatic carbocycles. The number of fused-ring (bicyclic) bond motifs is 1. The van der Waals surface area contributed by atoms with Crippen LogP contribution in [0.5, 0.6) is 0 Å². The maximum atomic E-state index is 12.9. The van der Waals surface area contributed by atoms with Gasteiger partial charge in [-0.3, -0.25) is 9.69 Å². The lowest BCUT2D eigenvalue weighted by Gasteiger charge is -2.33. The summed E-state index contributed by atoms with van der Waals surface area (Å²) in [7, 11) is 0. The number of pyridine rings is 1. The van der Waals surface area contributed by atoms with E-state index in [1.807, 2.05) is 25.1 Å². The van der Waals surface area contributed by atoms with Crippen molar-refractivity contribution >= 4 is 39.8 Å². The van der Waals surface area contributed by atoms with E-state index in [9.17, 15) is 4.79 Å². The first-order valence-electron chi connectivity index (χ1n) is 11.7. The largest absolute Gasteiger partial charge is 0.379 e. The van der Waals surface area contributed by atoms with E-state index in [1.54, 1.807) is 0 Å². The molecule has 2 aliphatic rings. The molecule has 0 atom stereocenters. The van der Waals surface area contributed by atoms with Crippen molar-refractivity contribution in [2.24, 2.45) is 0 Å². The first-order chi connectivity index (χ1) is 15.5. The van der Waals surface area contributed by atoms with Crippen molar-refractivity contribution in [1.29, 1.82) is 0 Å². The number of benzene rings is 1. The average Bonchev–Trinajstić information content (AvgIpc) is 2.79. The molecule has 1 aromatic heterocycles. The summed E-state index contributed by atoms with van der Waals surface area (Å²) in [5.41, 5.74) is 2.39. The van der Waals surface area contributed by atoms with Crippen molar-refractivity contribution in [2.75, 3.05) is 39.4 Å². The SMILES string of the molecule is Cc1cc2cc(CN(CCN3CCOCC3)C(=S)NC3CCCCC3)c(=O)[nH]c2cc1Cl. The highest BCUT2D eigenvalue weighted by molar-refractivity contribution is 7.80. The topological polar surface area (TPSA) is 60.6 Å². The number of ether oxygens (including phenoxy) is 1. The van der Waals surface area contributed by atoms with Crippen LogP contribution in [0.4, 0.5) is 0 Å². The molecule has 0 unspecified atom stereocenters. The molecular weight excluding hydrogens is 444 g/mol. The van der Waals surface area contributed by atoms with Crippen LogP contribution in [0.25, 0.3) is 10.9 Å². The quantitative estimate of drug-likeness (QED) is 0.618. The maximum absolute atomic E-state index is 12.9. The van der Waals surface area contributed by atoms with Crippen LogP contribution in [-0.4, -0.2) is 65.3 Å². The molecule has 1 saturated carbocycles. The van der Waals surface area contributed by atoms with Crippen LogP contribution in [0.3, 0.4) is 0 Å². The van der Waals surface area contributed by atoms with Gasteiger partial charge < -0.3 is 19.9 Å². The second-order valence-electron chi connectivity index (χ2n) is 8.97. The number of thiocarbonyl (C=S) groups is 1. The lowest BCUT2D eigenvalue weighted by atomic mass is 9.96. The standard InChI is InChI=1S/C24H33ClN4O2S/c1-17-13-18-14-19(23(30)27-22(18)15-21(17)25)16-29(8-7-28-9-11-31-12-10-28)24(32)26-20-5-3-2-4-6-20/h13-15,20H,2-12,16H2,1H3,(H,26,32)(H,27,30). The van der Waals surface area contributed by atoms with Crippen LogP contribution in [0.15, 0.2) is 23.0 Å². The number of aryl methyl sites for hydroxylation is 1. The minimum absolute atomic E-state index is 0.0886. The van der Waals surface area contributed by atoms with Gasteiger partial charge in [-0.05, 0) is 61.1 Å². The van der Waals surface area contributed by atoms with Crippen LogP contribution in [-0.2, 0) is 11.3 Å². The summed E-state index contributed by atoms with van der Waals surface area (Å²) >= 11 is 12.1. The number of halogens is 1. The predicted molar refractivity (Wildman–Crippen MR) is 135 cm³/mol. The molecule has 32 heavy (non-hydrogen) atoms. The molecular formula is C24H33ClN4O2S. The van der Waals surface area contributed by atoms with Crippen molar-refractivity contribution in [1.82, 2.24) is 20.1 Å². The fourth-order valence-electron chi connectivity index (χ4n) is 4.56. The molecule has 1 aliphatic heterocycles. The van der Waals surface area contributed by atoms with Crippen molar-refractivity contribution in [2.45, 2.75) is 51.6 Å². The monoisotopic (exact) mass is 476 g/mol. The average molecular weight is 477 g/mol. The Bertz CT molecular complexity index is 999. The Balaban J connectivity index is 1.52. The number of rotatable bonds is 6. The zero-order chi connectivity index (χ0) is 22.5. The smallest absolute Gasteiger partial charge is 0.253 e. The molecule has 0 bridgehead atoms. The van der Waals surface area contributed by atoms with E-state index in [0.29, 0.717) is 23.2 Å². The molecule has 4 rings (SSSR count). The number of aromatic nitrogens is 1. The first kappa shape index (κ1) is 23.5. The number of morpholine rings is 1. The highest BCUT2D eigenvalue weighted by Gasteiger charge is 2.20. The lowest BCUT2D eigenvalue weighted by molar-refractivity contribution is 0.0356. The van der Waals surface area contributed by atoms with E-state index in [1.165, 1.54) is 19.3 Å². The minimum atomic E-state index is -0.0886. The minimum Gasteiger partial charge on any atom is -0.379 e. The fourth-order valence-corrected chi connectivity index (χ4v) is 5.05. The van der Waals surface area contributed by atoms with Gasteiger partial charge in [0.2, 0.25) is 0 Å². The molecule has 6 nitrogen and oxygen atoms in total. The third kappa shape index (κ3) is 6.01. The normalized spacial score (nSPS) is 18.1. The van der Waals surface area contributed by atoms with E-state index in [4.69, 9.17) is 28.6 Å². The van der Waals surface area contributed by atoms with Gasteiger partial charge in [0.1, 0.15) is 0 Å². The molecule has 2 N–H and O–H groups in total. The van der Waals surface area contributed by atoms with Gasteiger partial charge in [0.15, 0.2) is 5.11 Å². The Kier molecular flexibility index (Phi) is 8.05. The van der Waals surface area contributed by atoms with E-state index in [-0.39, 0.29) is 5.56 Å². The maximum Gasteiger partial charge on any atom is 0.253 e. The van der Waals surface area contributed by atoms with Gasteiger partial charge in [0.05, 0.1) is 19.8 Å². The number of nitrogens with one attached hydrogen (secondary N) is 2. The third-order valence-electron chi connectivity index (χ3n) is 6.57. The van der Waals surface area contributed by atoms with Gasteiger partial charge in [-0.15, -0.1) is 0 Å². The summed E-state index contributed by atoms with van der Waals surface area (Å²) in [6, 6.07) is 6.25.